The summed E-state index contributed by atoms with van der Waals surface area (Å²) in [6, 6.07) is 3.93. The molecule has 0 radical (unpaired) electrons. The minimum absolute atomic E-state index is 0.119. The minimum atomic E-state index is 0.119. The van der Waals surface area contributed by atoms with Gasteiger partial charge in [0, 0.05) is 25.4 Å². The molecule has 19 heavy (non-hydrogen) atoms. The van der Waals surface area contributed by atoms with Crippen LogP contribution in [0.5, 0.6) is 0 Å². The van der Waals surface area contributed by atoms with E-state index < -0.39 is 0 Å². The number of carbonyl (C=O) groups is 1. The Bertz CT molecular complexity index is 376. The molecule has 0 unspecified atom stereocenters. The van der Waals surface area contributed by atoms with E-state index in [2.05, 4.69) is 24.1 Å². The molecule has 3 N–H and O–H groups in total. The summed E-state index contributed by atoms with van der Waals surface area (Å²) >= 11 is 0. The highest BCUT2D eigenvalue weighted by Gasteiger charge is 2.17. The molecule has 0 fully saturated rings. The molecule has 4 heteroatoms. The van der Waals surface area contributed by atoms with Crippen molar-refractivity contribution in [2.24, 2.45) is 11.1 Å². The van der Waals surface area contributed by atoms with Gasteiger partial charge in [-0.05, 0) is 42.9 Å². The third-order valence-electron chi connectivity index (χ3n) is 3.31. The summed E-state index contributed by atoms with van der Waals surface area (Å²) in [4.78, 5) is 15.8. The highest BCUT2D eigenvalue weighted by molar-refractivity contribution is 5.75. The molecule has 0 aliphatic carbocycles. The van der Waals surface area contributed by atoms with Crippen LogP contribution in [0.15, 0.2) is 24.5 Å². The maximum atomic E-state index is 11.7. The predicted octanol–water partition coefficient (Wildman–Crippen LogP) is 1.90. The third-order valence-corrected chi connectivity index (χ3v) is 3.31. The molecule has 1 aromatic heterocycles. The van der Waals surface area contributed by atoms with Crippen molar-refractivity contribution in [2.75, 3.05) is 13.1 Å². The summed E-state index contributed by atoms with van der Waals surface area (Å²) in [6.07, 6.45) is 6.81. The van der Waals surface area contributed by atoms with E-state index in [1.165, 1.54) is 0 Å². The molecule has 0 atom stereocenters. The molecule has 0 bridgehead atoms. The van der Waals surface area contributed by atoms with Crippen LogP contribution in [0.25, 0.3) is 0 Å². The average Bonchev–Trinajstić information content (AvgIpc) is 2.38. The van der Waals surface area contributed by atoms with E-state index >= 15 is 0 Å². The lowest BCUT2D eigenvalue weighted by molar-refractivity contribution is -0.121. The number of rotatable bonds is 8. The highest BCUT2D eigenvalue weighted by atomic mass is 16.1. The molecular formula is C15H25N3O. The van der Waals surface area contributed by atoms with Gasteiger partial charge in [0.05, 0.1) is 0 Å². The molecule has 0 aromatic carbocycles. The Balaban J connectivity index is 2.18. The normalized spacial score (nSPS) is 11.3. The van der Waals surface area contributed by atoms with Gasteiger partial charge in [-0.15, -0.1) is 0 Å². The number of hydrogen-bond acceptors (Lipinski definition) is 3. The van der Waals surface area contributed by atoms with Gasteiger partial charge in [0.2, 0.25) is 5.91 Å². The zero-order valence-electron chi connectivity index (χ0n) is 12.0. The zero-order chi connectivity index (χ0) is 14.1. The van der Waals surface area contributed by atoms with Crippen LogP contribution in [0.3, 0.4) is 0 Å². The molecule has 1 heterocycles. The molecule has 0 aliphatic heterocycles. The van der Waals surface area contributed by atoms with Gasteiger partial charge in [-0.2, -0.15) is 0 Å². The molecule has 0 saturated carbocycles. The van der Waals surface area contributed by atoms with E-state index in [1.807, 2.05) is 18.3 Å². The van der Waals surface area contributed by atoms with Gasteiger partial charge in [0.15, 0.2) is 0 Å². The Morgan fingerprint density at radius 2 is 2.21 bits per heavy atom. The van der Waals surface area contributed by atoms with Gasteiger partial charge in [0.1, 0.15) is 0 Å². The highest BCUT2D eigenvalue weighted by Crippen LogP contribution is 2.25. The van der Waals surface area contributed by atoms with Crippen molar-refractivity contribution in [1.29, 1.82) is 0 Å². The maximum absolute atomic E-state index is 11.7. The van der Waals surface area contributed by atoms with E-state index in [0.29, 0.717) is 19.5 Å². The standard InChI is InChI=1S/C15H25N3O/c1-15(2,8-9-16)7-5-14(19)18-11-6-13-4-3-10-17-12-13/h3-4,10,12H,5-9,11,16H2,1-2H3,(H,18,19). The van der Waals surface area contributed by atoms with Crippen LogP contribution in [0.1, 0.15) is 38.7 Å². The topological polar surface area (TPSA) is 68.0 Å². The summed E-state index contributed by atoms with van der Waals surface area (Å²) in [5.41, 5.74) is 6.85. The molecule has 106 valence electrons. The van der Waals surface area contributed by atoms with Crippen molar-refractivity contribution in [3.05, 3.63) is 30.1 Å². The summed E-state index contributed by atoms with van der Waals surface area (Å²) in [6.45, 7) is 5.66. The Labute approximate surface area is 115 Å². The number of pyridine rings is 1. The largest absolute Gasteiger partial charge is 0.356 e. The fraction of sp³-hybridized carbons (Fsp3) is 0.600. The summed E-state index contributed by atoms with van der Waals surface area (Å²) < 4.78 is 0. The Hall–Kier alpha value is -1.42. The first-order valence-electron chi connectivity index (χ1n) is 6.89. The first kappa shape index (κ1) is 15.6. The van der Waals surface area contributed by atoms with Crippen LogP contribution >= 0.6 is 0 Å². The number of carbonyl (C=O) groups excluding carboxylic acids is 1. The van der Waals surface area contributed by atoms with Crippen molar-refractivity contribution in [3.63, 3.8) is 0 Å². The van der Waals surface area contributed by atoms with E-state index in [0.717, 1.165) is 24.8 Å². The smallest absolute Gasteiger partial charge is 0.220 e. The Kier molecular flexibility index (Phi) is 6.50. The maximum Gasteiger partial charge on any atom is 0.220 e. The molecule has 1 amide bonds. The Morgan fingerprint density at radius 1 is 1.42 bits per heavy atom. The van der Waals surface area contributed by atoms with Crippen LogP contribution in [0.4, 0.5) is 0 Å². The minimum Gasteiger partial charge on any atom is -0.356 e. The second-order valence-electron chi connectivity index (χ2n) is 5.66. The number of nitrogens with zero attached hydrogens (tertiary/aromatic N) is 1. The van der Waals surface area contributed by atoms with E-state index in [9.17, 15) is 4.79 Å². The lowest BCUT2D eigenvalue weighted by Gasteiger charge is -2.23. The van der Waals surface area contributed by atoms with Gasteiger partial charge in [-0.3, -0.25) is 9.78 Å². The molecule has 0 spiro atoms. The van der Waals surface area contributed by atoms with E-state index in [1.54, 1.807) is 6.20 Å². The lowest BCUT2D eigenvalue weighted by atomic mass is 9.84. The van der Waals surface area contributed by atoms with E-state index in [-0.39, 0.29) is 11.3 Å². The van der Waals surface area contributed by atoms with Crippen molar-refractivity contribution in [3.8, 4) is 0 Å². The van der Waals surface area contributed by atoms with Gasteiger partial charge < -0.3 is 11.1 Å². The summed E-state index contributed by atoms with van der Waals surface area (Å²) in [5.74, 6) is 0.119. The van der Waals surface area contributed by atoms with Crippen molar-refractivity contribution in [1.82, 2.24) is 10.3 Å². The van der Waals surface area contributed by atoms with E-state index in [4.69, 9.17) is 5.73 Å². The monoisotopic (exact) mass is 263 g/mol. The third kappa shape index (κ3) is 6.91. The summed E-state index contributed by atoms with van der Waals surface area (Å²) in [5, 5.41) is 2.95. The zero-order valence-corrected chi connectivity index (χ0v) is 12.0. The molecule has 0 aliphatic rings. The van der Waals surface area contributed by atoms with Crippen LogP contribution in [-0.4, -0.2) is 24.0 Å². The molecule has 0 saturated heterocycles. The molecule has 1 aromatic rings. The number of nitrogens with one attached hydrogen (secondary N) is 1. The first-order valence-corrected chi connectivity index (χ1v) is 6.89. The predicted molar refractivity (Wildman–Crippen MR) is 77.6 cm³/mol. The second-order valence-corrected chi connectivity index (χ2v) is 5.66. The fourth-order valence-corrected chi connectivity index (χ4v) is 1.95. The lowest BCUT2D eigenvalue weighted by Crippen LogP contribution is -2.27. The van der Waals surface area contributed by atoms with Crippen LogP contribution in [-0.2, 0) is 11.2 Å². The van der Waals surface area contributed by atoms with Crippen LogP contribution in [0, 0.1) is 5.41 Å². The fourth-order valence-electron chi connectivity index (χ4n) is 1.95. The van der Waals surface area contributed by atoms with Crippen molar-refractivity contribution < 1.29 is 4.79 Å². The number of hydrogen-bond donors (Lipinski definition) is 2. The Morgan fingerprint density at radius 3 is 2.84 bits per heavy atom. The number of nitrogens with two attached hydrogens (primary N) is 1. The molecule has 4 nitrogen and oxygen atoms in total. The molecule has 1 rings (SSSR count). The van der Waals surface area contributed by atoms with Crippen molar-refractivity contribution in [2.45, 2.75) is 39.5 Å². The van der Waals surface area contributed by atoms with Gasteiger partial charge in [-0.1, -0.05) is 19.9 Å². The average molecular weight is 263 g/mol. The SMILES string of the molecule is CC(C)(CCN)CCC(=O)NCCc1cccnc1. The van der Waals surface area contributed by atoms with Crippen molar-refractivity contribution >= 4 is 5.91 Å². The first-order chi connectivity index (χ1) is 9.03. The van der Waals surface area contributed by atoms with Gasteiger partial charge in [-0.25, -0.2) is 0 Å². The second kappa shape index (κ2) is 7.89. The quantitative estimate of drug-likeness (QED) is 0.752. The number of aromatic nitrogens is 1. The summed E-state index contributed by atoms with van der Waals surface area (Å²) in [7, 11) is 0. The van der Waals surface area contributed by atoms with Gasteiger partial charge >= 0.3 is 0 Å². The van der Waals surface area contributed by atoms with Crippen LogP contribution in [0.2, 0.25) is 0 Å². The number of amides is 1. The molecular weight excluding hydrogens is 238 g/mol. The van der Waals surface area contributed by atoms with Gasteiger partial charge in [0.25, 0.3) is 0 Å². The van der Waals surface area contributed by atoms with Crippen LogP contribution < -0.4 is 11.1 Å².